The molecule has 1 rings (SSSR count). The van der Waals surface area contributed by atoms with Crippen LogP contribution in [-0.4, -0.2) is 8.76 Å². The molecule has 1 unspecified atom stereocenters. The normalized spacial score (nSPS) is 13.6. The van der Waals surface area contributed by atoms with E-state index in [1.165, 1.54) is 0 Å². The summed E-state index contributed by atoms with van der Waals surface area (Å²) in [4.78, 5) is 0. The highest BCUT2D eigenvalue weighted by Gasteiger charge is 1.99. The van der Waals surface area contributed by atoms with Gasteiger partial charge in [0.05, 0.1) is 9.23 Å². The first-order chi connectivity index (χ1) is 4.22. The maximum Gasteiger partial charge on any atom is 0.0957 e. The van der Waals surface area contributed by atoms with Gasteiger partial charge in [0.2, 0.25) is 0 Å². The molecular weight excluding hydrogens is 180 g/mol. The molecule has 0 bridgehead atoms. The van der Waals surface area contributed by atoms with Gasteiger partial charge in [-0.05, 0) is 22.5 Å². The van der Waals surface area contributed by atoms with Crippen molar-refractivity contribution in [1.82, 2.24) is 0 Å². The zero-order chi connectivity index (χ0) is 6.85. The highest BCUT2D eigenvalue weighted by molar-refractivity contribution is 7.81. The quantitative estimate of drug-likeness (QED) is 0.618. The van der Waals surface area contributed by atoms with E-state index in [-0.39, 0.29) is 4.21 Å². The van der Waals surface area contributed by atoms with Gasteiger partial charge in [-0.25, -0.2) is 0 Å². The fourth-order valence-corrected chi connectivity index (χ4v) is 2.08. The van der Waals surface area contributed by atoms with Gasteiger partial charge >= 0.3 is 0 Å². The maximum atomic E-state index is 10.2. The van der Waals surface area contributed by atoms with Crippen LogP contribution in [0.25, 0.3) is 0 Å². The lowest BCUT2D eigenvalue weighted by molar-refractivity contribution is 0.539. The Bertz CT molecular complexity index is 232. The predicted octanol–water partition coefficient (Wildman–Crippen LogP) is 1.64. The minimum Gasteiger partial charge on any atom is -0.768 e. The Morgan fingerprint density at radius 1 is 1.78 bits per heavy atom. The fraction of sp³-hybridized carbons (Fsp3) is 0. The van der Waals surface area contributed by atoms with Crippen LogP contribution in [0.15, 0.2) is 15.7 Å². The number of halogens is 1. The lowest BCUT2D eigenvalue weighted by Crippen LogP contribution is -1.82. The molecule has 0 saturated heterocycles. The largest absolute Gasteiger partial charge is 0.768 e. The average Bonchev–Trinajstić information content (AvgIpc) is 2.13. The molecule has 0 fully saturated rings. The molecule has 0 aliphatic rings. The van der Waals surface area contributed by atoms with E-state index in [1.807, 2.05) is 0 Å². The molecule has 1 aromatic rings. The fourth-order valence-electron chi connectivity index (χ4n) is 0.399. The standard InChI is InChI=1S/C4H3ClO2S2/c5-3-1-2-8-4(3)9(6)7/h1-2H,(H,6,7)/p-1. The van der Waals surface area contributed by atoms with Crippen LogP contribution in [0.5, 0.6) is 0 Å². The third-order valence-electron chi connectivity index (χ3n) is 0.736. The third-order valence-corrected chi connectivity index (χ3v) is 3.20. The van der Waals surface area contributed by atoms with E-state index in [4.69, 9.17) is 11.6 Å². The summed E-state index contributed by atoms with van der Waals surface area (Å²) in [6.07, 6.45) is 0. The molecule has 0 aliphatic carbocycles. The van der Waals surface area contributed by atoms with Gasteiger partial charge < -0.3 is 4.55 Å². The van der Waals surface area contributed by atoms with E-state index >= 15 is 0 Å². The number of hydrogen-bond acceptors (Lipinski definition) is 3. The van der Waals surface area contributed by atoms with Crippen LogP contribution in [0.2, 0.25) is 5.02 Å². The molecule has 0 saturated carbocycles. The first-order valence-corrected chi connectivity index (χ1v) is 4.37. The van der Waals surface area contributed by atoms with Gasteiger partial charge in [-0.3, -0.25) is 4.21 Å². The zero-order valence-electron chi connectivity index (χ0n) is 4.17. The molecule has 1 aromatic heterocycles. The zero-order valence-corrected chi connectivity index (χ0v) is 6.55. The molecule has 5 heteroatoms. The minimum absolute atomic E-state index is 0.205. The Labute approximate surface area is 63.8 Å². The van der Waals surface area contributed by atoms with Gasteiger partial charge in [0.1, 0.15) is 0 Å². The van der Waals surface area contributed by atoms with Gasteiger partial charge in [-0.15, -0.1) is 11.3 Å². The minimum atomic E-state index is -2.17. The number of rotatable bonds is 1. The summed E-state index contributed by atoms with van der Waals surface area (Å²) < 4.78 is 20.6. The Morgan fingerprint density at radius 2 is 2.44 bits per heavy atom. The van der Waals surface area contributed by atoms with Gasteiger partial charge in [0, 0.05) is 0 Å². The van der Waals surface area contributed by atoms with E-state index in [9.17, 15) is 8.76 Å². The maximum absolute atomic E-state index is 10.2. The lowest BCUT2D eigenvalue weighted by Gasteiger charge is -1.99. The van der Waals surface area contributed by atoms with E-state index in [1.54, 1.807) is 11.4 Å². The lowest BCUT2D eigenvalue weighted by atomic mass is 10.7. The second kappa shape index (κ2) is 2.79. The van der Waals surface area contributed by atoms with Crippen LogP contribution in [0.1, 0.15) is 0 Å². The van der Waals surface area contributed by atoms with E-state index in [0.717, 1.165) is 11.3 Å². The van der Waals surface area contributed by atoms with E-state index in [0.29, 0.717) is 5.02 Å². The first kappa shape index (κ1) is 7.21. The molecule has 2 nitrogen and oxygen atoms in total. The predicted molar refractivity (Wildman–Crippen MR) is 36.5 cm³/mol. The van der Waals surface area contributed by atoms with E-state index < -0.39 is 11.1 Å². The molecule has 0 N–H and O–H groups in total. The molecule has 0 aliphatic heterocycles. The SMILES string of the molecule is O=S([O-])c1sccc1Cl. The van der Waals surface area contributed by atoms with Crippen LogP contribution in [0, 0.1) is 0 Å². The molecule has 0 radical (unpaired) electrons. The van der Waals surface area contributed by atoms with Crippen molar-refractivity contribution in [3.8, 4) is 0 Å². The number of thiophene rings is 1. The monoisotopic (exact) mass is 181 g/mol. The Hall–Kier alpha value is 0.1000. The van der Waals surface area contributed by atoms with Crippen molar-refractivity contribution in [1.29, 1.82) is 0 Å². The average molecular weight is 182 g/mol. The third kappa shape index (κ3) is 1.52. The van der Waals surface area contributed by atoms with Crippen LogP contribution in [-0.2, 0) is 11.1 Å². The molecule has 0 aromatic carbocycles. The van der Waals surface area contributed by atoms with Crippen molar-refractivity contribution < 1.29 is 8.76 Å². The second-order valence-corrected chi connectivity index (χ2v) is 3.75. The van der Waals surface area contributed by atoms with Crippen LogP contribution in [0.4, 0.5) is 0 Å². The summed E-state index contributed by atoms with van der Waals surface area (Å²) in [7, 11) is 0. The Balaban J connectivity index is 3.08. The van der Waals surface area contributed by atoms with Gasteiger partial charge in [0.25, 0.3) is 0 Å². The molecule has 0 spiro atoms. The topological polar surface area (TPSA) is 40.1 Å². The highest BCUT2D eigenvalue weighted by Crippen LogP contribution is 2.24. The van der Waals surface area contributed by atoms with Crippen LogP contribution >= 0.6 is 22.9 Å². The van der Waals surface area contributed by atoms with Crippen molar-refractivity contribution in [3.63, 3.8) is 0 Å². The van der Waals surface area contributed by atoms with Crippen molar-refractivity contribution in [2.45, 2.75) is 4.21 Å². The van der Waals surface area contributed by atoms with Gasteiger partial charge in [0.15, 0.2) is 0 Å². The molecule has 0 amide bonds. The summed E-state index contributed by atoms with van der Waals surface area (Å²) in [5.41, 5.74) is 0. The molecule has 1 atom stereocenters. The van der Waals surface area contributed by atoms with Crippen LogP contribution < -0.4 is 0 Å². The van der Waals surface area contributed by atoms with Crippen LogP contribution in [0.3, 0.4) is 0 Å². The van der Waals surface area contributed by atoms with Gasteiger partial charge in [-0.1, -0.05) is 11.6 Å². The summed E-state index contributed by atoms with van der Waals surface area (Å²) in [5.74, 6) is 0. The summed E-state index contributed by atoms with van der Waals surface area (Å²) in [5, 5.41) is 1.93. The van der Waals surface area contributed by atoms with E-state index in [2.05, 4.69) is 0 Å². The number of hydrogen-bond donors (Lipinski definition) is 0. The van der Waals surface area contributed by atoms with Crippen molar-refractivity contribution in [3.05, 3.63) is 16.5 Å². The molecular formula is C4H2ClO2S2-. The smallest absolute Gasteiger partial charge is 0.0957 e. The van der Waals surface area contributed by atoms with Gasteiger partial charge in [-0.2, -0.15) is 0 Å². The molecule has 50 valence electrons. The van der Waals surface area contributed by atoms with Crippen molar-refractivity contribution >= 4 is 34.0 Å². The first-order valence-electron chi connectivity index (χ1n) is 2.04. The summed E-state index contributed by atoms with van der Waals surface area (Å²) in [6, 6.07) is 1.55. The molecule has 1 heterocycles. The Morgan fingerprint density at radius 3 is 2.67 bits per heavy atom. The molecule has 9 heavy (non-hydrogen) atoms. The summed E-state index contributed by atoms with van der Waals surface area (Å²) in [6.45, 7) is 0. The highest BCUT2D eigenvalue weighted by atomic mass is 35.5. The van der Waals surface area contributed by atoms with Crippen molar-refractivity contribution in [2.24, 2.45) is 0 Å². The Kier molecular flexibility index (Phi) is 2.23. The second-order valence-electron chi connectivity index (χ2n) is 1.29. The summed E-state index contributed by atoms with van der Waals surface area (Å²) >= 11 is 4.39. The van der Waals surface area contributed by atoms with Crippen molar-refractivity contribution in [2.75, 3.05) is 0 Å².